The SMILES string of the molecule is COP(=O)(OC)c1nc(-c2ccc([N+](=O)[O-])cc2)oc1NCc1ccc(F)cc1. The predicted octanol–water partition coefficient (Wildman–Crippen LogP) is 4.11. The van der Waals surface area contributed by atoms with Gasteiger partial charge in [-0.05, 0) is 29.8 Å². The number of halogens is 1. The number of hydrogen-bond donors (Lipinski definition) is 1. The summed E-state index contributed by atoms with van der Waals surface area (Å²) in [6.07, 6.45) is 0. The number of nitro groups is 1. The molecule has 0 unspecified atom stereocenters. The Balaban J connectivity index is 1.95. The molecule has 152 valence electrons. The van der Waals surface area contributed by atoms with Crippen LogP contribution in [-0.4, -0.2) is 24.1 Å². The van der Waals surface area contributed by atoms with E-state index >= 15 is 0 Å². The Morgan fingerprint density at radius 3 is 2.31 bits per heavy atom. The normalized spacial score (nSPS) is 11.4. The second-order valence-electron chi connectivity index (χ2n) is 5.82. The van der Waals surface area contributed by atoms with Crippen LogP contribution in [0, 0.1) is 15.9 Å². The number of nitrogens with zero attached hydrogens (tertiary/aromatic N) is 2. The molecular weight excluding hydrogens is 404 g/mol. The molecule has 0 bridgehead atoms. The Kier molecular flexibility index (Phi) is 6.07. The monoisotopic (exact) mass is 421 g/mol. The van der Waals surface area contributed by atoms with Gasteiger partial charge in [-0.2, -0.15) is 4.98 Å². The minimum atomic E-state index is -3.76. The molecular formula is C18H17FN3O6P. The first-order valence-electron chi connectivity index (χ1n) is 8.32. The molecule has 0 aliphatic heterocycles. The maximum atomic E-state index is 13.1. The van der Waals surface area contributed by atoms with Crippen molar-refractivity contribution in [3.05, 3.63) is 70.0 Å². The van der Waals surface area contributed by atoms with E-state index in [-0.39, 0.29) is 35.3 Å². The van der Waals surface area contributed by atoms with Gasteiger partial charge in [-0.15, -0.1) is 0 Å². The molecule has 11 heteroatoms. The highest BCUT2D eigenvalue weighted by Gasteiger charge is 2.34. The highest BCUT2D eigenvalue weighted by molar-refractivity contribution is 7.62. The fraction of sp³-hybridized carbons (Fsp3) is 0.167. The molecule has 0 saturated heterocycles. The fourth-order valence-corrected chi connectivity index (χ4v) is 3.58. The van der Waals surface area contributed by atoms with Crippen LogP contribution in [0.5, 0.6) is 0 Å². The molecule has 0 amide bonds. The lowest BCUT2D eigenvalue weighted by Gasteiger charge is -2.12. The topological polar surface area (TPSA) is 117 Å². The van der Waals surface area contributed by atoms with Crippen LogP contribution in [0.4, 0.5) is 16.0 Å². The van der Waals surface area contributed by atoms with Gasteiger partial charge in [-0.3, -0.25) is 14.7 Å². The van der Waals surface area contributed by atoms with E-state index in [0.717, 1.165) is 5.56 Å². The van der Waals surface area contributed by atoms with Crippen molar-refractivity contribution in [2.24, 2.45) is 0 Å². The molecule has 9 nitrogen and oxygen atoms in total. The summed E-state index contributed by atoms with van der Waals surface area (Å²) in [6.45, 7) is 0.232. The molecule has 3 rings (SSSR count). The summed E-state index contributed by atoms with van der Waals surface area (Å²) in [4.78, 5) is 14.5. The standard InChI is InChI=1S/C18H17FN3O6P/c1-26-29(25,27-2)18-17(20-11-12-3-7-14(19)8-4-12)28-16(21-18)13-5-9-15(10-6-13)22(23)24/h3-10,20H,11H2,1-2H3. The molecule has 0 saturated carbocycles. The van der Waals surface area contributed by atoms with E-state index in [9.17, 15) is 19.1 Å². The summed E-state index contributed by atoms with van der Waals surface area (Å²) in [6, 6.07) is 11.3. The van der Waals surface area contributed by atoms with Crippen LogP contribution < -0.4 is 10.8 Å². The second kappa shape index (κ2) is 8.52. The number of hydrogen-bond acceptors (Lipinski definition) is 8. The summed E-state index contributed by atoms with van der Waals surface area (Å²) in [7, 11) is -1.33. The average molecular weight is 421 g/mol. The smallest absolute Gasteiger partial charge is 0.384 e. The van der Waals surface area contributed by atoms with Gasteiger partial charge >= 0.3 is 7.60 Å². The van der Waals surface area contributed by atoms with Crippen molar-refractivity contribution in [2.75, 3.05) is 19.5 Å². The van der Waals surface area contributed by atoms with Gasteiger partial charge in [0, 0.05) is 38.5 Å². The number of nitro benzene ring substituents is 1. The minimum absolute atomic E-state index is 0.0507. The third-order valence-electron chi connectivity index (χ3n) is 4.04. The van der Waals surface area contributed by atoms with Crippen molar-refractivity contribution in [3.63, 3.8) is 0 Å². The highest BCUT2D eigenvalue weighted by Crippen LogP contribution is 2.47. The van der Waals surface area contributed by atoms with E-state index < -0.39 is 12.5 Å². The summed E-state index contributed by atoms with van der Waals surface area (Å²) in [5.74, 6) is -0.238. The maximum Gasteiger partial charge on any atom is 0.384 e. The summed E-state index contributed by atoms with van der Waals surface area (Å²) >= 11 is 0. The van der Waals surface area contributed by atoms with Gasteiger partial charge in [-0.25, -0.2) is 4.39 Å². The zero-order valence-electron chi connectivity index (χ0n) is 15.5. The molecule has 0 atom stereocenters. The second-order valence-corrected chi connectivity index (χ2v) is 7.97. The molecule has 2 aromatic carbocycles. The zero-order chi connectivity index (χ0) is 21.0. The number of anilines is 1. The van der Waals surface area contributed by atoms with Gasteiger partial charge in [0.25, 0.3) is 5.69 Å². The minimum Gasteiger partial charge on any atom is -0.420 e. The number of oxazole rings is 1. The number of nitrogens with one attached hydrogen (secondary N) is 1. The van der Waals surface area contributed by atoms with Crippen molar-refractivity contribution in [1.29, 1.82) is 0 Å². The Hall–Kier alpha value is -3.07. The van der Waals surface area contributed by atoms with E-state index in [0.29, 0.717) is 5.56 Å². The Morgan fingerprint density at radius 2 is 1.76 bits per heavy atom. The summed E-state index contributed by atoms with van der Waals surface area (Å²) in [5.41, 5.74) is 1.02. The number of rotatable bonds is 8. The van der Waals surface area contributed by atoms with Crippen molar-refractivity contribution in [3.8, 4) is 11.5 Å². The van der Waals surface area contributed by atoms with Crippen molar-refractivity contribution in [1.82, 2.24) is 4.98 Å². The predicted molar refractivity (Wildman–Crippen MR) is 104 cm³/mol. The van der Waals surface area contributed by atoms with E-state index in [2.05, 4.69) is 10.3 Å². The van der Waals surface area contributed by atoms with E-state index in [4.69, 9.17) is 13.5 Å². The fourth-order valence-electron chi connectivity index (χ4n) is 2.49. The molecule has 0 spiro atoms. The average Bonchev–Trinajstić information content (AvgIpc) is 3.18. The Labute approximate surface area is 165 Å². The molecule has 29 heavy (non-hydrogen) atoms. The molecule has 1 heterocycles. The first-order valence-corrected chi connectivity index (χ1v) is 9.86. The number of non-ortho nitro benzene ring substituents is 1. The molecule has 0 radical (unpaired) electrons. The van der Waals surface area contributed by atoms with Crippen LogP contribution >= 0.6 is 7.60 Å². The summed E-state index contributed by atoms with van der Waals surface area (Å²) in [5, 5.41) is 13.8. The summed E-state index contributed by atoms with van der Waals surface area (Å²) < 4.78 is 41.7. The molecule has 0 aliphatic rings. The van der Waals surface area contributed by atoms with E-state index in [1.165, 1.54) is 50.6 Å². The van der Waals surface area contributed by atoms with Crippen LogP contribution in [0.2, 0.25) is 0 Å². The number of benzene rings is 2. The molecule has 3 aromatic rings. The van der Waals surface area contributed by atoms with Crippen molar-refractivity contribution in [2.45, 2.75) is 6.54 Å². The van der Waals surface area contributed by atoms with Crippen LogP contribution in [0.3, 0.4) is 0 Å². The van der Waals surface area contributed by atoms with Gasteiger partial charge in [0.2, 0.25) is 17.2 Å². The van der Waals surface area contributed by atoms with Crippen LogP contribution in [0.15, 0.2) is 52.9 Å². The van der Waals surface area contributed by atoms with Gasteiger partial charge in [0.05, 0.1) is 4.92 Å². The van der Waals surface area contributed by atoms with Crippen LogP contribution in [-0.2, 0) is 20.2 Å². The highest BCUT2D eigenvalue weighted by atomic mass is 31.2. The van der Waals surface area contributed by atoms with Crippen molar-refractivity contribution >= 4 is 24.6 Å². The van der Waals surface area contributed by atoms with Crippen molar-refractivity contribution < 1.29 is 27.3 Å². The largest absolute Gasteiger partial charge is 0.420 e. The molecule has 1 N–H and O–H groups in total. The Bertz CT molecular complexity index is 1040. The third-order valence-corrected chi connectivity index (χ3v) is 5.82. The van der Waals surface area contributed by atoms with Gasteiger partial charge < -0.3 is 18.8 Å². The van der Waals surface area contributed by atoms with Gasteiger partial charge in [0.15, 0.2) is 0 Å². The van der Waals surface area contributed by atoms with Crippen LogP contribution in [0.25, 0.3) is 11.5 Å². The molecule has 0 aliphatic carbocycles. The Morgan fingerprint density at radius 1 is 1.14 bits per heavy atom. The van der Waals surface area contributed by atoms with E-state index in [1.807, 2.05) is 0 Å². The van der Waals surface area contributed by atoms with E-state index in [1.54, 1.807) is 12.1 Å². The maximum absolute atomic E-state index is 13.1. The lowest BCUT2D eigenvalue weighted by atomic mass is 10.2. The van der Waals surface area contributed by atoms with Crippen LogP contribution in [0.1, 0.15) is 5.56 Å². The first-order chi connectivity index (χ1) is 13.9. The quantitative estimate of drug-likeness (QED) is 0.328. The first kappa shape index (κ1) is 20.7. The lowest BCUT2D eigenvalue weighted by Crippen LogP contribution is -2.14. The van der Waals surface area contributed by atoms with Gasteiger partial charge in [-0.1, -0.05) is 12.1 Å². The molecule has 1 aromatic heterocycles. The number of aromatic nitrogens is 1. The third kappa shape index (κ3) is 4.51. The molecule has 0 fully saturated rings. The zero-order valence-corrected chi connectivity index (χ0v) is 16.4. The van der Waals surface area contributed by atoms with Gasteiger partial charge in [0.1, 0.15) is 5.82 Å². The lowest BCUT2D eigenvalue weighted by molar-refractivity contribution is -0.384.